The Bertz CT molecular complexity index is 782. The quantitative estimate of drug-likeness (QED) is 0.375. The van der Waals surface area contributed by atoms with E-state index < -0.39 is 17.9 Å². The molecule has 0 heterocycles. The van der Waals surface area contributed by atoms with Crippen molar-refractivity contribution in [3.8, 4) is 5.75 Å². The molecule has 0 spiro atoms. The Morgan fingerprint density at radius 2 is 1.77 bits per heavy atom. The highest BCUT2D eigenvalue weighted by Gasteiger charge is 2.36. The molecule has 0 fully saturated rings. The smallest absolute Gasteiger partial charge is 0.339 e. The summed E-state index contributed by atoms with van der Waals surface area (Å²) in [5.74, 6) is -0.522. The van der Waals surface area contributed by atoms with Gasteiger partial charge in [-0.15, -0.1) is 0 Å². The first-order valence-electron chi connectivity index (χ1n) is 10.7. The summed E-state index contributed by atoms with van der Waals surface area (Å²) in [5, 5.41) is 10.9. The van der Waals surface area contributed by atoms with Crippen molar-refractivity contribution in [3.63, 3.8) is 0 Å². The summed E-state index contributed by atoms with van der Waals surface area (Å²) >= 11 is 0. The molecule has 6 nitrogen and oxygen atoms in total. The molecular formula is C24H36O6. The highest BCUT2D eigenvalue weighted by atomic mass is 16.7. The maximum Gasteiger partial charge on any atom is 0.339 e. The van der Waals surface area contributed by atoms with Crippen LogP contribution in [0.1, 0.15) is 92.3 Å². The fourth-order valence-corrected chi connectivity index (χ4v) is 4.03. The zero-order valence-electron chi connectivity index (χ0n) is 19.4. The number of aromatic hydroxyl groups is 1. The summed E-state index contributed by atoms with van der Waals surface area (Å²) in [7, 11) is 0. The van der Waals surface area contributed by atoms with Gasteiger partial charge in [0.25, 0.3) is 0 Å². The van der Waals surface area contributed by atoms with Crippen molar-refractivity contribution in [3.05, 3.63) is 27.8 Å². The summed E-state index contributed by atoms with van der Waals surface area (Å²) in [5.41, 5.74) is 1.64. The standard InChI is InChI=1S/C24H36O6/c1-8-28-19(29-9-2)12-16-18(14-25)21(26)15-10-11-24(6,7)13-17(15)20(16)22(27)30-23(3,4)5/h14,19,26H,8-13H2,1-7H3. The summed E-state index contributed by atoms with van der Waals surface area (Å²) in [4.78, 5) is 25.4. The van der Waals surface area contributed by atoms with Crippen LogP contribution < -0.4 is 0 Å². The number of aldehydes is 1. The third-order valence-electron chi connectivity index (χ3n) is 5.34. The Hall–Kier alpha value is -1.92. The molecule has 0 radical (unpaired) electrons. The van der Waals surface area contributed by atoms with E-state index in [1.165, 1.54) is 0 Å². The van der Waals surface area contributed by atoms with E-state index in [2.05, 4.69) is 13.8 Å². The first-order valence-corrected chi connectivity index (χ1v) is 10.7. The van der Waals surface area contributed by atoms with Crippen molar-refractivity contribution >= 4 is 12.3 Å². The lowest BCUT2D eigenvalue weighted by Gasteiger charge is -2.35. The lowest BCUT2D eigenvalue weighted by atomic mass is 9.71. The van der Waals surface area contributed by atoms with Crippen molar-refractivity contribution in [2.45, 2.75) is 86.0 Å². The van der Waals surface area contributed by atoms with Crippen molar-refractivity contribution in [2.24, 2.45) is 5.41 Å². The zero-order chi connectivity index (χ0) is 22.7. The topological polar surface area (TPSA) is 82.1 Å². The number of phenolic OH excluding ortho intramolecular Hbond substituents is 1. The minimum absolute atomic E-state index is 0.0323. The van der Waals surface area contributed by atoms with Crippen LogP contribution in [-0.2, 0) is 33.5 Å². The van der Waals surface area contributed by atoms with Crippen molar-refractivity contribution in [1.29, 1.82) is 0 Å². The van der Waals surface area contributed by atoms with Crippen molar-refractivity contribution in [2.75, 3.05) is 13.2 Å². The van der Waals surface area contributed by atoms with E-state index in [4.69, 9.17) is 14.2 Å². The van der Waals surface area contributed by atoms with Gasteiger partial charge in [0.1, 0.15) is 11.4 Å². The molecular weight excluding hydrogens is 384 g/mol. The predicted molar refractivity (Wildman–Crippen MR) is 115 cm³/mol. The molecule has 0 amide bonds. The third-order valence-corrected chi connectivity index (χ3v) is 5.34. The van der Waals surface area contributed by atoms with E-state index in [-0.39, 0.29) is 23.1 Å². The van der Waals surface area contributed by atoms with Crippen LogP contribution in [0.3, 0.4) is 0 Å². The number of benzene rings is 1. The maximum absolute atomic E-state index is 13.3. The average Bonchev–Trinajstić information content (AvgIpc) is 2.60. The lowest BCUT2D eigenvalue weighted by Crippen LogP contribution is -2.31. The van der Waals surface area contributed by atoms with Crippen LogP contribution in [-0.4, -0.2) is 42.5 Å². The SMILES string of the molecule is CCOC(Cc1c(C=O)c(O)c2c(c1C(=O)OC(C)(C)C)CC(C)(C)CC2)OCC. The van der Waals surface area contributed by atoms with Gasteiger partial charge in [-0.1, -0.05) is 13.8 Å². The minimum Gasteiger partial charge on any atom is -0.507 e. The molecule has 1 N–H and O–H groups in total. The van der Waals surface area contributed by atoms with Crippen LogP contribution in [0.2, 0.25) is 0 Å². The van der Waals surface area contributed by atoms with E-state index in [1.807, 2.05) is 34.6 Å². The molecule has 0 unspecified atom stereocenters. The van der Waals surface area contributed by atoms with Crippen LogP contribution >= 0.6 is 0 Å². The lowest BCUT2D eigenvalue weighted by molar-refractivity contribution is -0.134. The molecule has 168 valence electrons. The summed E-state index contributed by atoms with van der Waals surface area (Å²) in [6.45, 7) is 14.3. The zero-order valence-corrected chi connectivity index (χ0v) is 19.4. The van der Waals surface area contributed by atoms with Gasteiger partial charge in [0.2, 0.25) is 0 Å². The van der Waals surface area contributed by atoms with Crippen molar-refractivity contribution < 1.29 is 28.9 Å². The van der Waals surface area contributed by atoms with Crippen molar-refractivity contribution in [1.82, 2.24) is 0 Å². The Balaban J connectivity index is 2.74. The first-order chi connectivity index (χ1) is 13.9. The molecule has 2 rings (SSSR count). The van der Waals surface area contributed by atoms with Crippen LogP contribution in [0.25, 0.3) is 0 Å². The Morgan fingerprint density at radius 3 is 2.27 bits per heavy atom. The minimum atomic E-state index is -0.691. The maximum atomic E-state index is 13.3. The number of hydrogen-bond donors (Lipinski definition) is 1. The Morgan fingerprint density at radius 1 is 1.17 bits per heavy atom. The molecule has 0 saturated carbocycles. The highest BCUT2D eigenvalue weighted by molar-refractivity contribution is 5.98. The third kappa shape index (κ3) is 5.61. The van der Waals surface area contributed by atoms with Crippen LogP contribution in [0.15, 0.2) is 0 Å². The van der Waals surface area contributed by atoms with Gasteiger partial charge in [-0.3, -0.25) is 4.79 Å². The number of carbonyl (C=O) groups excluding carboxylic acids is 2. The Labute approximate surface area is 179 Å². The number of hydrogen-bond acceptors (Lipinski definition) is 6. The van der Waals surface area contributed by atoms with Crippen LogP contribution in [0, 0.1) is 5.41 Å². The normalized spacial score (nSPS) is 15.7. The second kappa shape index (κ2) is 9.48. The molecule has 0 saturated heterocycles. The molecule has 6 heteroatoms. The van der Waals surface area contributed by atoms with Gasteiger partial charge < -0.3 is 19.3 Å². The fourth-order valence-electron chi connectivity index (χ4n) is 4.03. The molecule has 0 aromatic heterocycles. The predicted octanol–water partition coefficient (Wildman–Crippen LogP) is 4.62. The molecule has 1 aromatic carbocycles. The number of esters is 1. The molecule has 0 atom stereocenters. The molecule has 1 aromatic rings. The van der Waals surface area contributed by atoms with Gasteiger partial charge in [0, 0.05) is 19.6 Å². The Kier molecular flexibility index (Phi) is 7.69. The number of rotatable bonds is 8. The number of fused-ring (bicyclic) bond motifs is 1. The van der Waals surface area contributed by atoms with Gasteiger partial charge >= 0.3 is 5.97 Å². The van der Waals surface area contributed by atoms with Gasteiger partial charge in [-0.2, -0.15) is 0 Å². The number of phenols is 1. The molecule has 1 aliphatic carbocycles. The van der Waals surface area contributed by atoms with E-state index in [0.29, 0.717) is 49.0 Å². The second-order valence-electron chi connectivity index (χ2n) is 9.58. The van der Waals surface area contributed by atoms with E-state index in [0.717, 1.165) is 12.0 Å². The van der Waals surface area contributed by atoms with Gasteiger partial charge in [-0.05, 0) is 76.0 Å². The van der Waals surface area contributed by atoms with E-state index in [1.54, 1.807) is 0 Å². The fraction of sp³-hybridized carbons (Fsp3) is 0.667. The van der Waals surface area contributed by atoms with E-state index in [9.17, 15) is 14.7 Å². The van der Waals surface area contributed by atoms with Crippen LogP contribution in [0.5, 0.6) is 5.75 Å². The molecule has 0 bridgehead atoms. The average molecular weight is 421 g/mol. The summed E-state index contributed by atoms with van der Waals surface area (Å²) < 4.78 is 17.1. The number of carbonyl (C=O) groups is 2. The van der Waals surface area contributed by atoms with Gasteiger partial charge in [-0.25, -0.2) is 4.79 Å². The highest BCUT2D eigenvalue weighted by Crippen LogP contribution is 2.43. The monoisotopic (exact) mass is 420 g/mol. The first kappa shape index (κ1) is 24.4. The molecule has 30 heavy (non-hydrogen) atoms. The second-order valence-corrected chi connectivity index (χ2v) is 9.58. The van der Waals surface area contributed by atoms with Gasteiger partial charge in [0.15, 0.2) is 12.6 Å². The van der Waals surface area contributed by atoms with Gasteiger partial charge in [0.05, 0.1) is 11.1 Å². The largest absolute Gasteiger partial charge is 0.507 e. The number of ether oxygens (including phenoxy) is 3. The molecule has 1 aliphatic rings. The summed E-state index contributed by atoms with van der Waals surface area (Å²) in [6, 6.07) is 0. The molecule has 0 aliphatic heterocycles. The van der Waals surface area contributed by atoms with Crippen LogP contribution in [0.4, 0.5) is 0 Å². The van der Waals surface area contributed by atoms with E-state index >= 15 is 0 Å². The summed E-state index contributed by atoms with van der Waals surface area (Å²) in [6.07, 6.45) is 2.24.